The number of esters is 1. The van der Waals surface area contributed by atoms with Gasteiger partial charge in [0.05, 0.1) is 12.0 Å². The van der Waals surface area contributed by atoms with Gasteiger partial charge in [0.15, 0.2) is 0 Å². The van der Waals surface area contributed by atoms with Crippen molar-refractivity contribution in [1.82, 2.24) is 9.55 Å². The van der Waals surface area contributed by atoms with Crippen molar-refractivity contribution in [3.63, 3.8) is 0 Å². The highest BCUT2D eigenvalue weighted by Crippen LogP contribution is 2.34. The van der Waals surface area contributed by atoms with Crippen molar-refractivity contribution >= 4 is 11.5 Å². The highest BCUT2D eigenvalue weighted by molar-refractivity contribution is 5.75. The van der Waals surface area contributed by atoms with Crippen molar-refractivity contribution in [2.24, 2.45) is 0 Å². The summed E-state index contributed by atoms with van der Waals surface area (Å²) in [6, 6.07) is 16.4. The Bertz CT molecular complexity index is 1000. The molecule has 0 unspecified atom stereocenters. The first-order chi connectivity index (χ1) is 13.7. The number of aromatic nitrogens is 2. The minimum atomic E-state index is -0.270. The van der Waals surface area contributed by atoms with Crippen LogP contribution in [0.1, 0.15) is 42.1 Å². The fraction of sp³-hybridized carbons (Fsp3) is 0.250. The molecule has 1 heterocycles. The number of hydrogen-bond donors (Lipinski definition) is 0. The van der Waals surface area contributed by atoms with Gasteiger partial charge in [-0.3, -0.25) is 4.79 Å². The lowest BCUT2D eigenvalue weighted by Crippen LogP contribution is -2.08. The molecule has 1 aromatic heterocycles. The minimum Gasteiger partial charge on any atom is -0.426 e. The maximum absolute atomic E-state index is 11.4. The predicted molar refractivity (Wildman–Crippen MR) is 110 cm³/mol. The van der Waals surface area contributed by atoms with Gasteiger partial charge in [0.1, 0.15) is 5.75 Å². The number of carbonyl (C=O) groups excluding carboxylic acids is 1. The molecule has 0 spiro atoms. The van der Waals surface area contributed by atoms with Gasteiger partial charge in [-0.15, -0.1) is 0 Å². The third-order valence-corrected chi connectivity index (χ3v) is 5.07. The Morgan fingerprint density at radius 2 is 2.00 bits per heavy atom. The van der Waals surface area contributed by atoms with E-state index in [2.05, 4.69) is 52.2 Å². The first kappa shape index (κ1) is 18.2. The molecule has 1 aliphatic carbocycles. The molecule has 0 N–H and O–H groups in total. The van der Waals surface area contributed by atoms with Gasteiger partial charge in [0.25, 0.3) is 0 Å². The van der Waals surface area contributed by atoms with Crippen LogP contribution in [0.2, 0.25) is 0 Å². The van der Waals surface area contributed by atoms with Crippen molar-refractivity contribution in [2.75, 3.05) is 0 Å². The van der Waals surface area contributed by atoms with Gasteiger partial charge in [-0.2, -0.15) is 0 Å². The summed E-state index contributed by atoms with van der Waals surface area (Å²) in [5.41, 5.74) is 6.02. The molecule has 2 aromatic carbocycles. The van der Waals surface area contributed by atoms with Crippen molar-refractivity contribution in [2.45, 2.75) is 39.2 Å². The number of fused-ring (bicyclic) bond motifs is 1. The topological polar surface area (TPSA) is 44.1 Å². The molecule has 0 aliphatic heterocycles. The molecule has 0 bridgehead atoms. The maximum atomic E-state index is 11.4. The molecule has 4 rings (SSSR count). The molecule has 3 aromatic rings. The lowest BCUT2D eigenvalue weighted by Gasteiger charge is -2.20. The van der Waals surface area contributed by atoms with Crippen molar-refractivity contribution in [3.05, 3.63) is 89.5 Å². The molecular weight excluding hydrogens is 348 g/mol. The van der Waals surface area contributed by atoms with Crippen LogP contribution in [0.5, 0.6) is 5.75 Å². The SMILES string of the molecule is CC(=O)Oc1cccc2c1CCC=C2CCn1cnc(Cc2ccccc2)c1. The van der Waals surface area contributed by atoms with E-state index in [9.17, 15) is 4.79 Å². The molecule has 4 heteroatoms. The first-order valence-corrected chi connectivity index (χ1v) is 9.73. The standard InChI is InChI=1S/C24H24N2O2/c1-18(27)28-24-12-6-10-22-20(9-5-11-23(22)24)13-14-26-16-21(25-17-26)15-19-7-3-2-4-8-19/h2-4,6-10,12,16-17H,5,11,13-15H2,1H3. The summed E-state index contributed by atoms with van der Waals surface area (Å²) in [6.07, 6.45) is 10.0. The average molecular weight is 372 g/mol. The summed E-state index contributed by atoms with van der Waals surface area (Å²) in [5, 5.41) is 0. The van der Waals surface area contributed by atoms with Crippen LogP contribution in [0.3, 0.4) is 0 Å². The van der Waals surface area contributed by atoms with Crippen LogP contribution in [0.4, 0.5) is 0 Å². The smallest absolute Gasteiger partial charge is 0.308 e. The van der Waals surface area contributed by atoms with E-state index >= 15 is 0 Å². The second-order valence-corrected chi connectivity index (χ2v) is 7.16. The number of nitrogens with zero attached hydrogens (tertiary/aromatic N) is 2. The quantitative estimate of drug-likeness (QED) is 0.460. The maximum Gasteiger partial charge on any atom is 0.308 e. The van der Waals surface area contributed by atoms with E-state index in [-0.39, 0.29) is 5.97 Å². The Morgan fingerprint density at radius 1 is 1.14 bits per heavy atom. The lowest BCUT2D eigenvalue weighted by molar-refractivity contribution is -0.131. The average Bonchev–Trinajstić information content (AvgIpc) is 3.14. The van der Waals surface area contributed by atoms with Crippen molar-refractivity contribution in [3.8, 4) is 5.75 Å². The number of ether oxygens (including phenoxy) is 1. The summed E-state index contributed by atoms with van der Waals surface area (Å²) < 4.78 is 7.56. The largest absolute Gasteiger partial charge is 0.426 e. The fourth-order valence-corrected chi connectivity index (χ4v) is 3.79. The monoisotopic (exact) mass is 372 g/mol. The number of allylic oxidation sites excluding steroid dienone is 2. The van der Waals surface area contributed by atoms with Crippen LogP contribution in [-0.4, -0.2) is 15.5 Å². The normalized spacial score (nSPS) is 13.0. The molecule has 0 radical (unpaired) electrons. The third-order valence-electron chi connectivity index (χ3n) is 5.07. The summed E-state index contributed by atoms with van der Waals surface area (Å²) >= 11 is 0. The van der Waals surface area contributed by atoms with Gasteiger partial charge < -0.3 is 9.30 Å². The van der Waals surface area contributed by atoms with E-state index in [1.165, 1.54) is 23.6 Å². The van der Waals surface area contributed by atoms with Crippen LogP contribution >= 0.6 is 0 Å². The number of imidazole rings is 1. The highest BCUT2D eigenvalue weighted by atomic mass is 16.5. The first-order valence-electron chi connectivity index (χ1n) is 9.73. The molecule has 1 aliphatic rings. The zero-order chi connectivity index (χ0) is 19.3. The molecule has 4 nitrogen and oxygen atoms in total. The van der Waals surface area contributed by atoms with Crippen LogP contribution < -0.4 is 4.74 Å². The Labute approximate surface area is 165 Å². The number of rotatable bonds is 6. The molecule has 28 heavy (non-hydrogen) atoms. The fourth-order valence-electron chi connectivity index (χ4n) is 3.79. The number of carbonyl (C=O) groups is 1. The van der Waals surface area contributed by atoms with Crippen molar-refractivity contribution < 1.29 is 9.53 Å². The van der Waals surface area contributed by atoms with Gasteiger partial charge in [0, 0.05) is 31.6 Å². The predicted octanol–water partition coefficient (Wildman–Crippen LogP) is 4.82. The third kappa shape index (κ3) is 4.22. The van der Waals surface area contributed by atoms with Gasteiger partial charge >= 0.3 is 5.97 Å². The van der Waals surface area contributed by atoms with Gasteiger partial charge in [-0.1, -0.05) is 48.5 Å². The van der Waals surface area contributed by atoms with Crippen LogP contribution in [-0.2, 0) is 24.2 Å². The Balaban J connectivity index is 1.44. The second-order valence-electron chi connectivity index (χ2n) is 7.16. The summed E-state index contributed by atoms with van der Waals surface area (Å²) in [6.45, 7) is 2.33. The van der Waals surface area contributed by atoms with Crippen molar-refractivity contribution in [1.29, 1.82) is 0 Å². The van der Waals surface area contributed by atoms with E-state index in [1.54, 1.807) is 0 Å². The van der Waals surface area contributed by atoms with E-state index in [1.807, 2.05) is 24.5 Å². The Kier molecular flexibility index (Phi) is 5.38. The highest BCUT2D eigenvalue weighted by Gasteiger charge is 2.17. The number of hydrogen-bond acceptors (Lipinski definition) is 3. The molecule has 0 saturated carbocycles. The molecule has 0 saturated heterocycles. The van der Waals surface area contributed by atoms with Crippen LogP contribution in [0.15, 0.2) is 67.1 Å². The number of aryl methyl sites for hydroxylation is 1. The van der Waals surface area contributed by atoms with E-state index < -0.39 is 0 Å². The lowest BCUT2D eigenvalue weighted by atomic mass is 9.88. The minimum absolute atomic E-state index is 0.270. The van der Waals surface area contributed by atoms with Gasteiger partial charge in [-0.25, -0.2) is 4.98 Å². The van der Waals surface area contributed by atoms with Gasteiger partial charge in [0.2, 0.25) is 0 Å². The van der Waals surface area contributed by atoms with E-state index in [4.69, 9.17) is 4.74 Å². The molecule has 0 amide bonds. The van der Waals surface area contributed by atoms with E-state index in [0.717, 1.165) is 43.5 Å². The molecular formula is C24H24N2O2. The van der Waals surface area contributed by atoms with E-state index in [0.29, 0.717) is 5.75 Å². The number of benzene rings is 2. The molecule has 142 valence electrons. The van der Waals surface area contributed by atoms with Gasteiger partial charge in [-0.05, 0) is 42.0 Å². The summed E-state index contributed by atoms with van der Waals surface area (Å²) in [7, 11) is 0. The van der Waals surface area contributed by atoms with Crippen LogP contribution in [0.25, 0.3) is 5.57 Å². The zero-order valence-corrected chi connectivity index (χ0v) is 16.1. The summed E-state index contributed by atoms with van der Waals surface area (Å²) in [5.74, 6) is 0.428. The Morgan fingerprint density at radius 3 is 2.82 bits per heavy atom. The molecule has 0 atom stereocenters. The van der Waals surface area contributed by atoms with Crippen LogP contribution in [0, 0.1) is 0 Å². The zero-order valence-electron chi connectivity index (χ0n) is 16.1. The summed E-state index contributed by atoms with van der Waals surface area (Å²) in [4.78, 5) is 15.9. The Hall–Kier alpha value is -3.14. The second kappa shape index (κ2) is 8.26. The molecule has 0 fully saturated rings.